The van der Waals surface area contributed by atoms with Crippen molar-refractivity contribution in [2.45, 2.75) is 32.4 Å². The van der Waals surface area contributed by atoms with Crippen LogP contribution in [0.25, 0.3) is 0 Å². The SMILES string of the molecule is CCC1=C(C(=O)OC)[C@H](c2cccc(OC)c2OC)N2C(CC(=O)NCc3ccncc3)=CSC2=N1. The number of hydrogen-bond acceptors (Lipinski definition) is 9. The van der Waals surface area contributed by atoms with E-state index in [1.54, 1.807) is 32.7 Å². The molecule has 188 valence electrons. The Morgan fingerprint density at radius 3 is 2.56 bits per heavy atom. The number of pyridine rings is 1. The normalized spacial score (nSPS) is 16.7. The minimum atomic E-state index is -0.612. The van der Waals surface area contributed by atoms with Gasteiger partial charge in [0.15, 0.2) is 16.7 Å². The summed E-state index contributed by atoms with van der Waals surface area (Å²) in [6, 6.07) is 8.62. The van der Waals surface area contributed by atoms with Crippen molar-refractivity contribution < 1.29 is 23.8 Å². The number of para-hydroxylation sites is 1. The third-order valence-corrected chi connectivity index (χ3v) is 6.83. The lowest BCUT2D eigenvalue weighted by Gasteiger charge is -2.37. The largest absolute Gasteiger partial charge is 0.493 e. The number of hydrogen-bond donors (Lipinski definition) is 1. The second kappa shape index (κ2) is 11.3. The standard InChI is InChI=1S/C26H28N4O5S/c1-5-19-22(25(32)35-4)23(18-7-6-8-20(33-2)24(18)34-3)30-17(15-36-26(30)29-19)13-21(31)28-14-16-9-11-27-12-10-16/h6-12,15,23H,5,13-14H2,1-4H3,(H,28,31)/t23-/m0/s1. The zero-order valence-corrected chi connectivity index (χ0v) is 21.4. The van der Waals surface area contributed by atoms with Gasteiger partial charge in [-0.3, -0.25) is 9.78 Å². The zero-order valence-electron chi connectivity index (χ0n) is 20.6. The number of aromatic nitrogens is 1. The van der Waals surface area contributed by atoms with Gasteiger partial charge in [-0.15, -0.1) is 0 Å². The molecule has 1 aromatic carbocycles. The third-order valence-electron chi connectivity index (χ3n) is 5.94. The first kappa shape index (κ1) is 25.3. The van der Waals surface area contributed by atoms with E-state index in [0.29, 0.717) is 46.5 Å². The van der Waals surface area contributed by atoms with Crippen LogP contribution in [0.4, 0.5) is 0 Å². The highest BCUT2D eigenvalue weighted by atomic mass is 32.2. The number of fused-ring (bicyclic) bond motifs is 1. The van der Waals surface area contributed by atoms with E-state index >= 15 is 0 Å². The number of esters is 1. The Morgan fingerprint density at radius 1 is 1.11 bits per heavy atom. The molecule has 0 saturated carbocycles. The number of aliphatic imine (C=N–C) groups is 1. The molecule has 0 saturated heterocycles. The van der Waals surface area contributed by atoms with Crippen molar-refractivity contribution >= 4 is 28.8 Å². The molecule has 1 atom stereocenters. The van der Waals surface area contributed by atoms with E-state index in [1.165, 1.54) is 18.9 Å². The fourth-order valence-electron chi connectivity index (χ4n) is 4.26. The molecule has 9 nitrogen and oxygen atoms in total. The average Bonchev–Trinajstić information content (AvgIpc) is 3.32. The summed E-state index contributed by atoms with van der Waals surface area (Å²) in [6.07, 6.45) is 4.01. The van der Waals surface area contributed by atoms with E-state index in [9.17, 15) is 9.59 Å². The maximum atomic E-state index is 13.1. The predicted molar refractivity (Wildman–Crippen MR) is 137 cm³/mol. The van der Waals surface area contributed by atoms with Crippen LogP contribution in [0.1, 0.15) is 36.9 Å². The van der Waals surface area contributed by atoms with Gasteiger partial charge in [-0.05, 0) is 35.6 Å². The molecule has 1 aromatic heterocycles. The summed E-state index contributed by atoms with van der Waals surface area (Å²) in [5, 5.41) is 5.54. The molecule has 0 fully saturated rings. The lowest BCUT2D eigenvalue weighted by atomic mass is 9.92. The summed E-state index contributed by atoms with van der Waals surface area (Å²) < 4.78 is 16.4. The first-order chi connectivity index (χ1) is 17.5. The number of carbonyl (C=O) groups excluding carboxylic acids is 2. The number of methoxy groups -OCH3 is 3. The Morgan fingerprint density at radius 2 is 1.89 bits per heavy atom. The number of benzene rings is 1. The van der Waals surface area contributed by atoms with Gasteiger partial charge in [-0.1, -0.05) is 30.8 Å². The molecule has 10 heteroatoms. The monoisotopic (exact) mass is 508 g/mol. The van der Waals surface area contributed by atoms with Crippen LogP contribution in [0, 0.1) is 0 Å². The number of carbonyl (C=O) groups is 2. The highest BCUT2D eigenvalue weighted by molar-refractivity contribution is 8.16. The number of nitrogens with zero attached hydrogens (tertiary/aromatic N) is 3. The second-order valence-corrected chi connectivity index (χ2v) is 8.83. The molecule has 0 bridgehead atoms. The van der Waals surface area contributed by atoms with Crippen molar-refractivity contribution in [3.8, 4) is 11.5 Å². The van der Waals surface area contributed by atoms with Crippen LogP contribution in [-0.4, -0.2) is 48.3 Å². The van der Waals surface area contributed by atoms with Gasteiger partial charge in [0.25, 0.3) is 0 Å². The molecule has 0 spiro atoms. The molecular weight excluding hydrogens is 480 g/mol. The number of allylic oxidation sites excluding steroid dienone is 1. The van der Waals surface area contributed by atoms with E-state index < -0.39 is 12.0 Å². The number of amidine groups is 1. The van der Waals surface area contributed by atoms with Crippen LogP contribution in [0.3, 0.4) is 0 Å². The van der Waals surface area contributed by atoms with Crippen molar-refractivity contribution in [2.24, 2.45) is 4.99 Å². The minimum Gasteiger partial charge on any atom is -0.493 e. The molecule has 2 aliphatic rings. The maximum absolute atomic E-state index is 13.1. The number of rotatable bonds is 9. The first-order valence-corrected chi connectivity index (χ1v) is 12.3. The van der Waals surface area contributed by atoms with Crippen LogP contribution in [0.5, 0.6) is 11.5 Å². The molecule has 36 heavy (non-hydrogen) atoms. The molecule has 0 aliphatic carbocycles. The quantitative estimate of drug-likeness (QED) is 0.508. The first-order valence-electron chi connectivity index (χ1n) is 11.4. The van der Waals surface area contributed by atoms with Gasteiger partial charge in [-0.2, -0.15) is 0 Å². The van der Waals surface area contributed by atoms with Gasteiger partial charge in [0, 0.05) is 30.2 Å². The maximum Gasteiger partial charge on any atom is 0.338 e. The fourth-order valence-corrected chi connectivity index (χ4v) is 5.20. The van der Waals surface area contributed by atoms with E-state index in [4.69, 9.17) is 19.2 Å². The molecule has 3 heterocycles. The lowest BCUT2D eigenvalue weighted by Crippen LogP contribution is -2.38. The van der Waals surface area contributed by atoms with Crippen molar-refractivity contribution in [1.29, 1.82) is 0 Å². The Bertz CT molecular complexity index is 1240. The van der Waals surface area contributed by atoms with Crippen LogP contribution in [0.15, 0.2) is 70.1 Å². The Balaban J connectivity index is 1.71. The van der Waals surface area contributed by atoms with Crippen molar-refractivity contribution in [3.05, 3.63) is 76.2 Å². The average molecular weight is 509 g/mol. The van der Waals surface area contributed by atoms with Gasteiger partial charge in [0.2, 0.25) is 5.91 Å². The van der Waals surface area contributed by atoms with Crippen LogP contribution in [0.2, 0.25) is 0 Å². The Labute approximate surface area is 214 Å². The Kier molecular flexibility index (Phi) is 7.94. The van der Waals surface area contributed by atoms with E-state index in [1.807, 2.05) is 41.5 Å². The zero-order chi connectivity index (χ0) is 25.7. The van der Waals surface area contributed by atoms with Crippen LogP contribution in [-0.2, 0) is 20.9 Å². The van der Waals surface area contributed by atoms with Crippen LogP contribution < -0.4 is 14.8 Å². The van der Waals surface area contributed by atoms with E-state index in [0.717, 1.165) is 11.3 Å². The van der Waals surface area contributed by atoms with E-state index in [-0.39, 0.29) is 12.3 Å². The highest BCUT2D eigenvalue weighted by Crippen LogP contribution is 2.49. The third kappa shape index (κ3) is 4.94. The summed E-state index contributed by atoms with van der Waals surface area (Å²) in [5.41, 5.74) is 3.42. The number of amides is 1. The second-order valence-electron chi connectivity index (χ2n) is 7.99. The molecule has 1 N–H and O–H groups in total. The van der Waals surface area contributed by atoms with Gasteiger partial charge < -0.3 is 24.4 Å². The van der Waals surface area contributed by atoms with E-state index in [2.05, 4.69) is 10.3 Å². The van der Waals surface area contributed by atoms with Gasteiger partial charge in [-0.25, -0.2) is 9.79 Å². The molecule has 2 aromatic rings. The summed E-state index contributed by atoms with van der Waals surface area (Å²) >= 11 is 1.42. The Hall–Kier alpha value is -3.79. The van der Waals surface area contributed by atoms with Gasteiger partial charge >= 0.3 is 5.97 Å². The van der Waals surface area contributed by atoms with Crippen molar-refractivity contribution in [3.63, 3.8) is 0 Å². The molecule has 0 radical (unpaired) electrons. The topological polar surface area (TPSA) is 102 Å². The molecule has 4 rings (SSSR count). The minimum absolute atomic E-state index is 0.107. The van der Waals surface area contributed by atoms with Gasteiger partial charge in [0.05, 0.1) is 45.1 Å². The summed E-state index contributed by atoms with van der Waals surface area (Å²) in [4.78, 5) is 36.7. The lowest BCUT2D eigenvalue weighted by molar-refractivity contribution is -0.136. The van der Waals surface area contributed by atoms with Crippen molar-refractivity contribution in [2.75, 3.05) is 21.3 Å². The molecule has 0 unspecified atom stereocenters. The number of nitrogens with one attached hydrogen (secondary N) is 1. The fraction of sp³-hybridized carbons (Fsp3) is 0.308. The number of thioether (sulfide) groups is 1. The predicted octanol–water partition coefficient (Wildman–Crippen LogP) is 3.94. The van der Waals surface area contributed by atoms with Crippen LogP contribution >= 0.6 is 11.8 Å². The molecule has 1 amide bonds. The highest BCUT2D eigenvalue weighted by Gasteiger charge is 2.43. The smallest absolute Gasteiger partial charge is 0.338 e. The van der Waals surface area contributed by atoms with Gasteiger partial charge in [0.1, 0.15) is 0 Å². The van der Waals surface area contributed by atoms with Crippen molar-refractivity contribution in [1.82, 2.24) is 15.2 Å². The number of ether oxygens (including phenoxy) is 3. The molecular formula is C26H28N4O5S. The molecule has 2 aliphatic heterocycles. The summed E-state index contributed by atoms with van der Waals surface area (Å²) in [7, 11) is 4.47. The summed E-state index contributed by atoms with van der Waals surface area (Å²) in [5.74, 6) is 0.402. The summed E-state index contributed by atoms with van der Waals surface area (Å²) in [6.45, 7) is 2.33.